The predicted octanol–water partition coefficient (Wildman–Crippen LogP) is 3.48. The van der Waals surface area contributed by atoms with Crippen molar-refractivity contribution in [3.63, 3.8) is 0 Å². The van der Waals surface area contributed by atoms with Crippen LogP contribution in [0.3, 0.4) is 0 Å². The van der Waals surface area contributed by atoms with Gasteiger partial charge in [0.1, 0.15) is 0 Å². The molecule has 3 rings (SSSR count). The van der Waals surface area contributed by atoms with E-state index in [4.69, 9.17) is 0 Å². The number of carbonyl (C=O) groups is 3. The van der Waals surface area contributed by atoms with Crippen LogP contribution in [-0.2, 0) is 22.4 Å². The van der Waals surface area contributed by atoms with Gasteiger partial charge in [-0.2, -0.15) is 0 Å². The van der Waals surface area contributed by atoms with Crippen molar-refractivity contribution in [2.24, 2.45) is 0 Å². The number of Topliss-reactive ketones (excluding diaryl/α,β-unsaturated/α-hetero) is 1. The van der Waals surface area contributed by atoms with Gasteiger partial charge < -0.3 is 10.6 Å². The molecule has 0 bridgehead atoms. The molecule has 0 aromatic heterocycles. The Balaban J connectivity index is 1.33. The van der Waals surface area contributed by atoms with Gasteiger partial charge in [-0.05, 0) is 55.7 Å². The summed E-state index contributed by atoms with van der Waals surface area (Å²) < 4.78 is 0. The van der Waals surface area contributed by atoms with Crippen LogP contribution in [0.25, 0.3) is 0 Å². The van der Waals surface area contributed by atoms with Gasteiger partial charge in [0.15, 0.2) is 5.78 Å². The molecule has 0 atom stereocenters. The lowest BCUT2D eigenvalue weighted by Crippen LogP contribution is -2.38. The van der Waals surface area contributed by atoms with Crippen LogP contribution >= 0.6 is 0 Å². The Hall–Kier alpha value is -2.17. The van der Waals surface area contributed by atoms with Crippen LogP contribution in [0.1, 0.15) is 85.7 Å². The standard InChI is InChI=1S/C23H32N2O3/c26-21(19-11-10-17-6-4-5-7-18(17)16-19)12-13-22(27)24-15-14-23(28)25-20-8-2-1-3-9-20/h10-11,16,20H,1-9,12-15H2,(H,24,27)(H,25,28). The number of hydrogen-bond donors (Lipinski definition) is 2. The topological polar surface area (TPSA) is 75.3 Å². The lowest BCUT2D eigenvalue weighted by atomic mass is 9.89. The molecule has 2 aliphatic rings. The largest absolute Gasteiger partial charge is 0.356 e. The number of benzene rings is 1. The van der Waals surface area contributed by atoms with Crippen molar-refractivity contribution in [3.05, 3.63) is 34.9 Å². The molecule has 5 nitrogen and oxygen atoms in total. The number of rotatable bonds is 8. The van der Waals surface area contributed by atoms with E-state index in [9.17, 15) is 14.4 Å². The Labute approximate surface area is 167 Å². The van der Waals surface area contributed by atoms with E-state index in [-0.39, 0.29) is 30.4 Å². The molecule has 1 fully saturated rings. The molecule has 5 heteroatoms. The molecule has 2 N–H and O–H groups in total. The van der Waals surface area contributed by atoms with Crippen molar-refractivity contribution < 1.29 is 14.4 Å². The van der Waals surface area contributed by atoms with Crippen molar-refractivity contribution in [2.45, 2.75) is 83.1 Å². The van der Waals surface area contributed by atoms with E-state index in [0.29, 0.717) is 24.6 Å². The monoisotopic (exact) mass is 384 g/mol. The summed E-state index contributed by atoms with van der Waals surface area (Å²) in [4.78, 5) is 36.3. The first-order valence-corrected chi connectivity index (χ1v) is 10.8. The molecule has 1 aromatic rings. The maximum Gasteiger partial charge on any atom is 0.221 e. The number of nitrogens with one attached hydrogen (secondary N) is 2. The van der Waals surface area contributed by atoms with Crippen molar-refractivity contribution in [2.75, 3.05) is 6.54 Å². The summed E-state index contributed by atoms with van der Waals surface area (Å²) in [5, 5.41) is 5.80. The van der Waals surface area contributed by atoms with Gasteiger partial charge in [0.25, 0.3) is 0 Å². The minimum Gasteiger partial charge on any atom is -0.356 e. The van der Waals surface area contributed by atoms with Crippen LogP contribution in [-0.4, -0.2) is 30.2 Å². The highest BCUT2D eigenvalue weighted by atomic mass is 16.2. The van der Waals surface area contributed by atoms with Crippen LogP contribution < -0.4 is 10.6 Å². The fourth-order valence-electron chi connectivity index (χ4n) is 4.23. The molecule has 2 amide bonds. The molecule has 0 saturated heterocycles. The maximum atomic E-state index is 12.4. The highest BCUT2D eigenvalue weighted by Gasteiger charge is 2.16. The van der Waals surface area contributed by atoms with E-state index in [1.165, 1.54) is 43.2 Å². The van der Waals surface area contributed by atoms with Gasteiger partial charge in [0.2, 0.25) is 11.8 Å². The molecule has 2 aliphatic carbocycles. The van der Waals surface area contributed by atoms with Crippen molar-refractivity contribution in [1.29, 1.82) is 0 Å². The maximum absolute atomic E-state index is 12.4. The number of carbonyl (C=O) groups excluding carboxylic acids is 3. The lowest BCUT2D eigenvalue weighted by Gasteiger charge is -2.22. The van der Waals surface area contributed by atoms with Gasteiger partial charge in [-0.1, -0.05) is 31.4 Å². The van der Waals surface area contributed by atoms with Gasteiger partial charge >= 0.3 is 0 Å². The molecule has 0 unspecified atom stereocenters. The van der Waals surface area contributed by atoms with Gasteiger partial charge in [-0.25, -0.2) is 0 Å². The number of aryl methyl sites for hydroxylation is 2. The van der Waals surface area contributed by atoms with Crippen LogP contribution in [0.15, 0.2) is 18.2 Å². The third-order valence-corrected chi connectivity index (χ3v) is 5.89. The minimum absolute atomic E-state index is 0.00247. The third-order valence-electron chi connectivity index (χ3n) is 5.89. The smallest absolute Gasteiger partial charge is 0.221 e. The van der Waals surface area contributed by atoms with Crippen LogP contribution in [0.2, 0.25) is 0 Å². The first-order valence-electron chi connectivity index (χ1n) is 10.8. The molecule has 0 heterocycles. The third kappa shape index (κ3) is 6.18. The molecule has 0 radical (unpaired) electrons. The van der Waals surface area contributed by atoms with Crippen molar-refractivity contribution >= 4 is 17.6 Å². The molecular weight excluding hydrogens is 352 g/mol. The quantitative estimate of drug-likeness (QED) is 0.674. The van der Waals surface area contributed by atoms with Gasteiger partial charge in [-0.15, -0.1) is 0 Å². The number of fused-ring (bicyclic) bond motifs is 1. The van der Waals surface area contributed by atoms with Crippen LogP contribution in [0.5, 0.6) is 0 Å². The summed E-state index contributed by atoms with van der Waals surface area (Å²) >= 11 is 0. The number of hydrogen-bond acceptors (Lipinski definition) is 3. The van der Waals surface area contributed by atoms with Crippen LogP contribution in [0.4, 0.5) is 0 Å². The van der Waals surface area contributed by atoms with Gasteiger partial charge in [-0.3, -0.25) is 14.4 Å². The first kappa shape index (κ1) is 20.6. The van der Waals surface area contributed by atoms with Crippen molar-refractivity contribution in [3.8, 4) is 0 Å². The van der Waals surface area contributed by atoms with E-state index < -0.39 is 0 Å². The second-order valence-electron chi connectivity index (χ2n) is 8.12. The molecule has 28 heavy (non-hydrogen) atoms. The lowest BCUT2D eigenvalue weighted by molar-refractivity contribution is -0.122. The summed E-state index contributed by atoms with van der Waals surface area (Å²) in [6, 6.07) is 6.25. The SMILES string of the molecule is O=C(CCC(=O)c1ccc2c(c1)CCCC2)NCCC(=O)NC1CCCCC1. The number of amides is 2. The zero-order valence-electron chi connectivity index (χ0n) is 16.7. The van der Waals surface area contributed by atoms with Crippen molar-refractivity contribution in [1.82, 2.24) is 10.6 Å². The highest BCUT2D eigenvalue weighted by molar-refractivity contribution is 5.98. The van der Waals surface area contributed by atoms with Crippen LogP contribution in [0, 0.1) is 0 Å². The zero-order valence-corrected chi connectivity index (χ0v) is 16.7. The molecule has 152 valence electrons. The van der Waals surface area contributed by atoms with E-state index >= 15 is 0 Å². The zero-order chi connectivity index (χ0) is 19.8. The summed E-state index contributed by atoms with van der Waals surface area (Å²) in [6.07, 6.45) is 10.9. The Morgan fingerprint density at radius 2 is 1.57 bits per heavy atom. The summed E-state index contributed by atoms with van der Waals surface area (Å²) in [7, 11) is 0. The summed E-state index contributed by atoms with van der Waals surface area (Å²) in [5.74, 6) is -0.160. The fourth-order valence-corrected chi connectivity index (χ4v) is 4.23. The van der Waals surface area contributed by atoms with E-state index in [1.54, 1.807) is 0 Å². The predicted molar refractivity (Wildman–Crippen MR) is 109 cm³/mol. The molecule has 1 saturated carbocycles. The van der Waals surface area contributed by atoms with E-state index in [2.05, 4.69) is 16.7 Å². The average molecular weight is 385 g/mol. The summed E-state index contributed by atoms with van der Waals surface area (Å²) in [6.45, 7) is 0.324. The Morgan fingerprint density at radius 3 is 2.36 bits per heavy atom. The first-order chi connectivity index (χ1) is 13.6. The summed E-state index contributed by atoms with van der Waals surface area (Å²) in [5.41, 5.74) is 3.35. The van der Waals surface area contributed by atoms with Gasteiger partial charge in [0.05, 0.1) is 0 Å². The normalized spacial score (nSPS) is 16.9. The Morgan fingerprint density at radius 1 is 0.821 bits per heavy atom. The Kier molecular flexibility index (Phi) is 7.63. The minimum atomic E-state index is -0.170. The highest BCUT2D eigenvalue weighted by Crippen LogP contribution is 2.23. The molecular formula is C23H32N2O3. The molecule has 1 aromatic carbocycles. The fraction of sp³-hybridized carbons (Fsp3) is 0.609. The van der Waals surface area contributed by atoms with E-state index in [0.717, 1.165) is 25.7 Å². The molecule has 0 spiro atoms. The Bertz CT molecular complexity index is 708. The average Bonchev–Trinajstić information content (AvgIpc) is 2.72. The second-order valence-corrected chi connectivity index (χ2v) is 8.12. The molecule has 0 aliphatic heterocycles. The second kappa shape index (κ2) is 10.4. The number of ketones is 1. The van der Waals surface area contributed by atoms with E-state index in [1.807, 2.05) is 12.1 Å². The van der Waals surface area contributed by atoms with Gasteiger partial charge in [0, 0.05) is 37.4 Å².